The topological polar surface area (TPSA) is 82.1 Å². The Morgan fingerprint density at radius 2 is 1.50 bits per heavy atom. The fourth-order valence-corrected chi connectivity index (χ4v) is 1.94. The third-order valence-electron chi connectivity index (χ3n) is 3.03. The minimum absolute atomic E-state index is 0.0665. The summed E-state index contributed by atoms with van der Waals surface area (Å²) in [5, 5.41) is 9.94. The first-order valence-electron chi connectivity index (χ1n) is 7.08. The molecular weight excluding hydrogens is 264 g/mol. The molecule has 0 saturated heterocycles. The summed E-state index contributed by atoms with van der Waals surface area (Å²) in [6, 6.07) is 0. The number of carbonyl (C=O) groups excluding carboxylic acids is 2. The molecule has 0 radical (unpaired) electrons. The van der Waals surface area contributed by atoms with Crippen LogP contribution in [0.25, 0.3) is 0 Å². The Kier molecular flexibility index (Phi) is 9.16. The smallest absolute Gasteiger partial charge is 0.323 e. The Labute approximate surface area is 120 Å². The van der Waals surface area contributed by atoms with E-state index in [2.05, 4.69) is 0 Å². The van der Waals surface area contributed by atoms with Crippen LogP contribution in [0.1, 0.15) is 40.5 Å². The first kappa shape index (κ1) is 18.9. The van der Waals surface area contributed by atoms with Crippen LogP contribution in [-0.4, -0.2) is 49.6 Å². The molecule has 0 rings (SSSR count). The summed E-state index contributed by atoms with van der Waals surface area (Å²) in [6.07, 6.45) is -0.793. The molecule has 0 bridgehead atoms. The van der Waals surface area contributed by atoms with Crippen LogP contribution in [0.3, 0.4) is 0 Å². The summed E-state index contributed by atoms with van der Waals surface area (Å²) in [6.45, 7) is 7.69. The molecule has 0 amide bonds. The lowest BCUT2D eigenvalue weighted by atomic mass is 9.79. The van der Waals surface area contributed by atoms with Gasteiger partial charge in [0.1, 0.15) is 0 Å². The lowest BCUT2D eigenvalue weighted by molar-refractivity contribution is -0.175. The molecule has 0 spiro atoms. The van der Waals surface area contributed by atoms with E-state index in [4.69, 9.17) is 14.2 Å². The van der Waals surface area contributed by atoms with Crippen LogP contribution in [0.2, 0.25) is 0 Å². The van der Waals surface area contributed by atoms with Crippen molar-refractivity contribution in [3.05, 3.63) is 0 Å². The maximum absolute atomic E-state index is 12.1. The Hall–Kier alpha value is -1.14. The highest BCUT2D eigenvalue weighted by Crippen LogP contribution is 2.32. The minimum Gasteiger partial charge on any atom is -0.465 e. The van der Waals surface area contributed by atoms with Gasteiger partial charge in [0.15, 0.2) is 5.41 Å². The molecule has 20 heavy (non-hydrogen) atoms. The molecule has 118 valence electrons. The summed E-state index contributed by atoms with van der Waals surface area (Å²) in [7, 11) is 0. The van der Waals surface area contributed by atoms with Crippen LogP contribution < -0.4 is 0 Å². The van der Waals surface area contributed by atoms with Gasteiger partial charge >= 0.3 is 11.9 Å². The van der Waals surface area contributed by atoms with Gasteiger partial charge in [-0.3, -0.25) is 9.59 Å². The van der Waals surface area contributed by atoms with Crippen molar-refractivity contribution in [1.82, 2.24) is 0 Å². The van der Waals surface area contributed by atoms with E-state index in [9.17, 15) is 14.7 Å². The van der Waals surface area contributed by atoms with E-state index in [1.165, 1.54) is 0 Å². The highest BCUT2D eigenvalue weighted by atomic mass is 16.6. The second kappa shape index (κ2) is 9.72. The Morgan fingerprint density at radius 1 is 1.00 bits per heavy atom. The number of hydrogen-bond acceptors (Lipinski definition) is 6. The van der Waals surface area contributed by atoms with E-state index in [-0.39, 0.29) is 32.7 Å². The molecular formula is C14H26O6. The van der Waals surface area contributed by atoms with Gasteiger partial charge < -0.3 is 19.3 Å². The Bertz CT molecular complexity index is 284. The van der Waals surface area contributed by atoms with Gasteiger partial charge in [0.25, 0.3) is 0 Å². The summed E-state index contributed by atoms with van der Waals surface area (Å²) in [5.41, 5.74) is -1.47. The van der Waals surface area contributed by atoms with E-state index in [0.29, 0.717) is 6.61 Å². The second-order valence-electron chi connectivity index (χ2n) is 4.39. The zero-order valence-corrected chi connectivity index (χ0v) is 12.8. The van der Waals surface area contributed by atoms with Crippen LogP contribution in [0, 0.1) is 5.41 Å². The largest absolute Gasteiger partial charge is 0.465 e. The van der Waals surface area contributed by atoms with Gasteiger partial charge in [-0.1, -0.05) is 6.92 Å². The fourth-order valence-electron chi connectivity index (χ4n) is 1.94. The van der Waals surface area contributed by atoms with Crippen LogP contribution in [0.5, 0.6) is 0 Å². The molecule has 0 aliphatic rings. The monoisotopic (exact) mass is 290 g/mol. The SMILES string of the molecule is CCOCC(O)CC(CC)(C(=O)OCC)C(=O)OCC. The molecule has 0 aliphatic carbocycles. The number of aliphatic hydroxyl groups excluding tert-OH is 1. The number of aliphatic hydroxyl groups is 1. The fraction of sp³-hybridized carbons (Fsp3) is 0.857. The lowest BCUT2D eigenvalue weighted by Crippen LogP contribution is -2.45. The Morgan fingerprint density at radius 3 is 1.85 bits per heavy atom. The molecule has 1 atom stereocenters. The zero-order chi connectivity index (χ0) is 15.6. The Balaban J connectivity index is 5.09. The molecule has 1 N–H and O–H groups in total. The molecule has 0 aromatic rings. The maximum atomic E-state index is 12.1. The predicted molar refractivity (Wildman–Crippen MR) is 73.1 cm³/mol. The summed E-state index contributed by atoms with van der Waals surface area (Å²) in [4.78, 5) is 24.3. The lowest BCUT2D eigenvalue weighted by Gasteiger charge is -2.29. The quantitative estimate of drug-likeness (QED) is 0.482. The average Bonchev–Trinajstić information content (AvgIpc) is 2.42. The number of rotatable bonds is 10. The molecule has 0 aromatic heterocycles. The molecule has 0 aromatic carbocycles. The zero-order valence-electron chi connectivity index (χ0n) is 12.8. The molecule has 6 nitrogen and oxygen atoms in total. The van der Waals surface area contributed by atoms with Gasteiger partial charge in [-0.2, -0.15) is 0 Å². The van der Waals surface area contributed by atoms with Crippen molar-refractivity contribution >= 4 is 11.9 Å². The third kappa shape index (κ3) is 5.09. The van der Waals surface area contributed by atoms with E-state index in [0.717, 1.165) is 0 Å². The van der Waals surface area contributed by atoms with Crippen LogP contribution >= 0.6 is 0 Å². The number of esters is 2. The molecule has 1 unspecified atom stereocenters. The van der Waals surface area contributed by atoms with Crippen molar-refractivity contribution in [3.8, 4) is 0 Å². The third-order valence-corrected chi connectivity index (χ3v) is 3.03. The first-order valence-corrected chi connectivity index (χ1v) is 7.08. The van der Waals surface area contributed by atoms with Gasteiger partial charge in [-0.25, -0.2) is 0 Å². The van der Waals surface area contributed by atoms with Gasteiger partial charge in [0.05, 0.1) is 25.9 Å². The van der Waals surface area contributed by atoms with E-state index < -0.39 is 23.5 Å². The van der Waals surface area contributed by atoms with Crippen molar-refractivity contribution in [2.45, 2.75) is 46.6 Å². The summed E-state index contributed by atoms with van der Waals surface area (Å²) >= 11 is 0. The highest BCUT2D eigenvalue weighted by molar-refractivity contribution is 6.00. The van der Waals surface area contributed by atoms with E-state index in [1.807, 2.05) is 0 Å². The van der Waals surface area contributed by atoms with E-state index in [1.54, 1.807) is 27.7 Å². The molecule has 6 heteroatoms. The molecule has 0 saturated carbocycles. The van der Waals surface area contributed by atoms with Gasteiger partial charge in [0, 0.05) is 13.0 Å². The van der Waals surface area contributed by atoms with Gasteiger partial charge in [0.2, 0.25) is 0 Å². The molecule has 0 aliphatic heterocycles. The highest BCUT2D eigenvalue weighted by Gasteiger charge is 2.48. The summed E-state index contributed by atoms with van der Waals surface area (Å²) < 4.78 is 15.1. The van der Waals surface area contributed by atoms with Crippen molar-refractivity contribution in [1.29, 1.82) is 0 Å². The minimum atomic E-state index is -1.47. The van der Waals surface area contributed by atoms with Gasteiger partial charge in [-0.15, -0.1) is 0 Å². The summed E-state index contributed by atoms with van der Waals surface area (Å²) in [5.74, 6) is -1.31. The number of hydrogen-bond donors (Lipinski definition) is 1. The number of carbonyl (C=O) groups is 2. The van der Waals surface area contributed by atoms with Crippen LogP contribution in [-0.2, 0) is 23.8 Å². The standard InChI is InChI=1S/C14H26O6/c1-5-14(12(16)19-7-3,13(17)20-8-4)9-11(15)10-18-6-2/h11,15H,5-10H2,1-4H3. The molecule has 0 heterocycles. The van der Waals surface area contributed by atoms with Crippen molar-refractivity contribution < 1.29 is 28.9 Å². The van der Waals surface area contributed by atoms with Gasteiger partial charge in [-0.05, 0) is 27.2 Å². The second-order valence-corrected chi connectivity index (χ2v) is 4.39. The average molecular weight is 290 g/mol. The van der Waals surface area contributed by atoms with Crippen molar-refractivity contribution in [2.24, 2.45) is 5.41 Å². The van der Waals surface area contributed by atoms with Crippen LogP contribution in [0.15, 0.2) is 0 Å². The molecule has 0 fully saturated rings. The van der Waals surface area contributed by atoms with Crippen LogP contribution in [0.4, 0.5) is 0 Å². The van der Waals surface area contributed by atoms with E-state index >= 15 is 0 Å². The first-order chi connectivity index (χ1) is 9.48. The predicted octanol–water partition coefficient (Wildman–Crippen LogP) is 1.30. The van der Waals surface area contributed by atoms with Crippen molar-refractivity contribution in [3.63, 3.8) is 0 Å². The number of ether oxygens (including phenoxy) is 3. The maximum Gasteiger partial charge on any atom is 0.323 e. The van der Waals surface area contributed by atoms with Crippen molar-refractivity contribution in [2.75, 3.05) is 26.4 Å². The normalized spacial score (nSPS) is 12.8.